The molecule has 0 unspecified atom stereocenters. The third kappa shape index (κ3) is 4.41. The summed E-state index contributed by atoms with van der Waals surface area (Å²) in [7, 11) is 0. The molecule has 0 fully saturated rings. The first-order valence-corrected chi connectivity index (χ1v) is 10.6. The van der Waals surface area contributed by atoms with Gasteiger partial charge in [0.2, 0.25) is 0 Å². The molecule has 0 bridgehead atoms. The highest BCUT2D eigenvalue weighted by Crippen LogP contribution is 2.31. The monoisotopic (exact) mass is 473 g/mol. The number of nitriles is 1. The van der Waals surface area contributed by atoms with Crippen LogP contribution in [0.25, 0.3) is 22.4 Å². The van der Waals surface area contributed by atoms with Crippen molar-refractivity contribution in [2.75, 3.05) is 0 Å². The molecule has 0 aliphatic carbocycles. The van der Waals surface area contributed by atoms with E-state index in [1.807, 2.05) is 91.0 Å². The van der Waals surface area contributed by atoms with Gasteiger partial charge in [0.15, 0.2) is 0 Å². The molecule has 30 heavy (non-hydrogen) atoms. The molecule has 0 heterocycles. The predicted octanol–water partition coefficient (Wildman–Crippen LogP) is 7.90. The fourth-order valence-electron chi connectivity index (χ4n) is 3.32. The van der Waals surface area contributed by atoms with Crippen LogP contribution in [0.15, 0.2) is 89.4 Å². The van der Waals surface area contributed by atoms with Crippen molar-refractivity contribution >= 4 is 50.0 Å². The van der Waals surface area contributed by atoms with Gasteiger partial charge in [0.05, 0.1) is 11.6 Å². The minimum Gasteiger partial charge on any atom is -0.488 e. The summed E-state index contributed by atoms with van der Waals surface area (Å²) in [6, 6.07) is 29.8. The molecule has 0 aliphatic heterocycles. The van der Waals surface area contributed by atoms with E-state index in [9.17, 15) is 5.26 Å². The Labute approximate surface area is 189 Å². The lowest BCUT2D eigenvalue weighted by molar-refractivity contribution is 0.305. The van der Waals surface area contributed by atoms with Gasteiger partial charge in [-0.2, -0.15) is 5.26 Å². The first kappa shape index (κ1) is 20.2. The van der Waals surface area contributed by atoms with Gasteiger partial charge in [-0.05, 0) is 41.1 Å². The summed E-state index contributed by atoms with van der Waals surface area (Å²) in [6.07, 6.45) is 1.87. The second-order valence-corrected chi connectivity index (χ2v) is 8.08. The van der Waals surface area contributed by atoms with Crippen molar-refractivity contribution in [2.24, 2.45) is 0 Å². The van der Waals surface area contributed by atoms with Gasteiger partial charge in [0.1, 0.15) is 12.4 Å². The van der Waals surface area contributed by atoms with Gasteiger partial charge >= 0.3 is 0 Å². The Morgan fingerprint density at radius 3 is 2.57 bits per heavy atom. The van der Waals surface area contributed by atoms with E-state index in [4.69, 9.17) is 16.3 Å². The number of ether oxygens (including phenoxy) is 1. The Kier molecular flexibility index (Phi) is 6.18. The highest BCUT2D eigenvalue weighted by Gasteiger charge is 2.10. The quantitative estimate of drug-likeness (QED) is 0.217. The lowest BCUT2D eigenvalue weighted by atomic mass is 9.97. The largest absolute Gasteiger partial charge is 0.488 e. The number of benzene rings is 4. The smallest absolute Gasteiger partial charge is 0.127 e. The van der Waals surface area contributed by atoms with E-state index in [0.717, 1.165) is 31.9 Å². The van der Waals surface area contributed by atoms with E-state index in [-0.39, 0.29) is 0 Å². The molecule has 4 aromatic rings. The first-order valence-electron chi connectivity index (χ1n) is 9.41. The Bertz CT molecular complexity index is 1280. The zero-order chi connectivity index (χ0) is 20.9. The van der Waals surface area contributed by atoms with Crippen LogP contribution in [0.4, 0.5) is 0 Å². The van der Waals surface area contributed by atoms with Gasteiger partial charge in [0, 0.05) is 26.2 Å². The number of halogens is 2. The molecule has 0 spiro atoms. The standard InChI is InChI=1S/C26H17BrClNO/c27-22-12-13-26(30-17-19-7-2-4-11-25(19)28)20(15-22)14-21(16-29)24-10-5-8-18-6-1-3-9-23(18)24/h1-15H,17H2/b21-14-. The van der Waals surface area contributed by atoms with Crippen LogP contribution in [0.2, 0.25) is 5.02 Å². The molecule has 0 amide bonds. The number of fused-ring (bicyclic) bond motifs is 1. The third-order valence-corrected chi connectivity index (χ3v) is 5.67. The molecule has 0 saturated heterocycles. The lowest BCUT2D eigenvalue weighted by Gasteiger charge is -2.12. The maximum absolute atomic E-state index is 9.92. The number of hydrogen-bond acceptors (Lipinski definition) is 2. The van der Waals surface area contributed by atoms with Crippen molar-refractivity contribution < 1.29 is 4.74 Å². The molecule has 0 atom stereocenters. The van der Waals surface area contributed by atoms with Crippen LogP contribution in [0.1, 0.15) is 16.7 Å². The molecule has 0 saturated carbocycles. The van der Waals surface area contributed by atoms with Crippen molar-refractivity contribution in [3.05, 3.63) is 111 Å². The van der Waals surface area contributed by atoms with E-state index in [1.54, 1.807) is 0 Å². The number of allylic oxidation sites excluding steroid dienone is 1. The first-order chi connectivity index (χ1) is 14.7. The van der Waals surface area contributed by atoms with Gasteiger partial charge in [-0.1, -0.05) is 88.2 Å². The molecule has 4 aromatic carbocycles. The van der Waals surface area contributed by atoms with Gasteiger partial charge in [0.25, 0.3) is 0 Å². The van der Waals surface area contributed by atoms with Crippen LogP contribution < -0.4 is 4.74 Å². The van der Waals surface area contributed by atoms with E-state index < -0.39 is 0 Å². The van der Waals surface area contributed by atoms with E-state index in [0.29, 0.717) is 23.0 Å². The fraction of sp³-hybridized carbons (Fsp3) is 0.0385. The van der Waals surface area contributed by atoms with Crippen LogP contribution in [-0.4, -0.2) is 0 Å². The van der Waals surface area contributed by atoms with Crippen LogP contribution in [0.5, 0.6) is 5.75 Å². The highest BCUT2D eigenvalue weighted by molar-refractivity contribution is 9.10. The second-order valence-electron chi connectivity index (χ2n) is 6.76. The van der Waals surface area contributed by atoms with Gasteiger partial charge in [-0.15, -0.1) is 0 Å². The molecule has 2 nitrogen and oxygen atoms in total. The molecule has 0 radical (unpaired) electrons. The van der Waals surface area contributed by atoms with Crippen molar-refractivity contribution in [2.45, 2.75) is 6.61 Å². The average Bonchev–Trinajstić information content (AvgIpc) is 2.77. The predicted molar refractivity (Wildman–Crippen MR) is 127 cm³/mol. The lowest BCUT2D eigenvalue weighted by Crippen LogP contribution is -1.98. The Morgan fingerprint density at radius 2 is 1.73 bits per heavy atom. The molecular formula is C26H17BrClNO. The molecule has 0 aliphatic rings. The summed E-state index contributed by atoms with van der Waals surface area (Å²) in [4.78, 5) is 0. The molecule has 146 valence electrons. The zero-order valence-corrected chi connectivity index (χ0v) is 18.3. The fourth-order valence-corrected chi connectivity index (χ4v) is 3.89. The molecular weight excluding hydrogens is 458 g/mol. The van der Waals surface area contributed by atoms with Gasteiger partial charge < -0.3 is 4.74 Å². The maximum atomic E-state index is 9.92. The zero-order valence-electron chi connectivity index (χ0n) is 16.0. The number of hydrogen-bond donors (Lipinski definition) is 0. The van der Waals surface area contributed by atoms with E-state index in [2.05, 4.69) is 22.0 Å². The summed E-state index contributed by atoms with van der Waals surface area (Å²) < 4.78 is 6.98. The average molecular weight is 475 g/mol. The van der Waals surface area contributed by atoms with Crippen molar-refractivity contribution in [1.82, 2.24) is 0 Å². The van der Waals surface area contributed by atoms with Crippen LogP contribution in [0, 0.1) is 11.3 Å². The van der Waals surface area contributed by atoms with E-state index >= 15 is 0 Å². The second kappa shape index (κ2) is 9.17. The van der Waals surface area contributed by atoms with Gasteiger partial charge in [-0.3, -0.25) is 0 Å². The maximum Gasteiger partial charge on any atom is 0.127 e. The summed E-state index contributed by atoms with van der Waals surface area (Å²) in [5.41, 5.74) is 3.20. The topological polar surface area (TPSA) is 33.0 Å². The molecule has 4 heteroatoms. The highest BCUT2D eigenvalue weighted by atomic mass is 79.9. The number of rotatable bonds is 5. The summed E-state index contributed by atoms with van der Waals surface area (Å²) in [5, 5.41) is 12.7. The molecule has 4 rings (SSSR count). The van der Waals surface area contributed by atoms with E-state index in [1.165, 1.54) is 0 Å². The number of nitrogens with zero attached hydrogens (tertiary/aromatic N) is 1. The Morgan fingerprint density at radius 1 is 0.967 bits per heavy atom. The summed E-state index contributed by atoms with van der Waals surface area (Å²) in [6.45, 7) is 0.346. The summed E-state index contributed by atoms with van der Waals surface area (Å²) >= 11 is 9.78. The minimum atomic E-state index is 0.346. The van der Waals surface area contributed by atoms with Crippen molar-refractivity contribution in [1.29, 1.82) is 5.26 Å². The molecule has 0 aromatic heterocycles. The summed E-state index contributed by atoms with van der Waals surface area (Å²) in [5.74, 6) is 0.686. The van der Waals surface area contributed by atoms with Crippen LogP contribution >= 0.6 is 27.5 Å². The third-order valence-electron chi connectivity index (χ3n) is 4.81. The minimum absolute atomic E-state index is 0.346. The normalized spacial score (nSPS) is 11.3. The SMILES string of the molecule is N#C/C(=C/c1cc(Br)ccc1OCc1ccccc1Cl)c1cccc2ccccc12. The van der Waals surface area contributed by atoms with Crippen molar-refractivity contribution in [3.8, 4) is 11.8 Å². The Hall–Kier alpha value is -3.06. The van der Waals surface area contributed by atoms with Crippen molar-refractivity contribution in [3.63, 3.8) is 0 Å². The van der Waals surface area contributed by atoms with Gasteiger partial charge in [-0.25, -0.2) is 0 Å². The van der Waals surface area contributed by atoms with Crippen LogP contribution in [-0.2, 0) is 6.61 Å². The molecule has 0 N–H and O–H groups in total. The Balaban J connectivity index is 1.74. The van der Waals surface area contributed by atoms with Crippen LogP contribution in [0.3, 0.4) is 0 Å².